The van der Waals surface area contributed by atoms with Crippen LogP contribution >= 0.6 is 28.1 Å². The fraction of sp³-hybridized carbons (Fsp3) is 0.263. The minimum atomic E-state index is -0.374. The van der Waals surface area contributed by atoms with Gasteiger partial charge >= 0.3 is 5.97 Å². The van der Waals surface area contributed by atoms with Gasteiger partial charge in [0.05, 0.1) is 11.1 Å². The Kier molecular flexibility index (Phi) is 5.63. The highest BCUT2D eigenvalue weighted by molar-refractivity contribution is 9.10. The number of carbonyl (C=O) groups is 1. The molecule has 1 aliphatic heterocycles. The number of likely N-dealkylation sites (tertiary alicyclic amines) is 1. The third kappa shape index (κ3) is 4.02. The molecule has 0 N–H and O–H groups in total. The fourth-order valence-corrected chi connectivity index (χ4v) is 3.46. The summed E-state index contributed by atoms with van der Waals surface area (Å²) in [6, 6.07) is 14.5. The zero-order chi connectivity index (χ0) is 16.9. The van der Waals surface area contributed by atoms with Gasteiger partial charge in [0.15, 0.2) is 0 Å². The number of ether oxygens (including phenoxy) is 1. The average Bonchev–Trinajstić information content (AvgIpc) is 2.64. The molecule has 24 heavy (non-hydrogen) atoms. The number of piperidine rings is 1. The number of esters is 1. The van der Waals surface area contributed by atoms with Crippen molar-refractivity contribution in [3.8, 4) is 5.75 Å². The SMILES string of the molecule is O=C(Oc1ccc(Br)cc1C(=S)N1CCCCC1)c1ccccc1. The molecule has 0 aromatic heterocycles. The molecule has 0 atom stereocenters. The summed E-state index contributed by atoms with van der Waals surface area (Å²) in [6.07, 6.45) is 3.54. The Labute approximate surface area is 155 Å². The van der Waals surface area contributed by atoms with Crippen molar-refractivity contribution in [3.05, 3.63) is 64.1 Å². The average molecular weight is 404 g/mol. The molecule has 3 rings (SSSR count). The molecule has 1 fully saturated rings. The van der Waals surface area contributed by atoms with Crippen LogP contribution in [0.25, 0.3) is 0 Å². The molecule has 1 heterocycles. The van der Waals surface area contributed by atoms with E-state index in [1.54, 1.807) is 18.2 Å². The first-order chi connectivity index (χ1) is 11.6. The van der Waals surface area contributed by atoms with E-state index in [1.807, 2.05) is 30.3 Å². The van der Waals surface area contributed by atoms with Gasteiger partial charge in [0.25, 0.3) is 0 Å². The predicted molar refractivity (Wildman–Crippen MR) is 103 cm³/mol. The molecule has 0 aliphatic carbocycles. The molecule has 1 saturated heterocycles. The summed E-state index contributed by atoms with van der Waals surface area (Å²) < 4.78 is 6.54. The molecule has 0 bridgehead atoms. The summed E-state index contributed by atoms with van der Waals surface area (Å²) in [6.45, 7) is 1.91. The van der Waals surface area contributed by atoms with E-state index in [0.29, 0.717) is 11.3 Å². The van der Waals surface area contributed by atoms with Gasteiger partial charge in [0, 0.05) is 17.6 Å². The maximum absolute atomic E-state index is 12.4. The molecule has 5 heteroatoms. The highest BCUT2D eigenvalue weighted by Crippen LogP contribution is 2.27. The van der Waals surface area contributed by atoms with E-state index in [0.717, 1.165) is 41.0 Å². The second kappa shape index (κ2) is 7.90. The Bertz CT molecular complexity index is 742. The molecule has 124 valence electrons. The second-order valence-electron chi connectivity index (χ2n) is 5.75. The summed E-state index contributed by atoms with van der Waals surface area (Å²) in [5, 5.41) is 0. The van der Waals surface area contributed by atoms with Crippen LogP contribution in [0.3, 0.4) is 0 Å². The van der Waals surface area contributed by atoms with Gasteiger partial charge in [0.2, 0.25) is 0 Å². The van der Waals surface area contributed by atoms with Crippen molar-refractivity contribution in [2.45, 2.75) is 19.3 Å². The Morgan fingerprint density at radius 1 is 1.04 bits per heavy atom. The van der Waals surface area contributed by atoms with Crippen molar-refractivity contribution in [2.75, 3.05) is 13.1 Å². The quantitative estimate of drug-likeness (QED) is 0.417. The minimum Gasteiger partial charge on any atom is -0.422 e. The van der Waals surface area contributed by atoms with Gasteiger partial charge in [-0.15, -0.1) is 0 Å². The predicted octanol–water partition coefficient (Wildman–Crippen LogP) is 4.83. The lowest BCUT2D eigenvalue weighted by atomic mass is 10.1. The van der Waals surface area contributed by atoms with Crippen molar-refractivity contribution < 1.29 is 9.53 Å². The highest BCUT2D eigenvalue weighted by Gasteiger charge is 2.20. The number of hydrogen-bond donors (Lipinski definition) is 0. The number of hydrogen-bond acceptors (Lipinski definition) is 3. The zero-order valence-corrected chi connectivity index (χ0v) is 15.6. The molecule has 2 aromatic carbocycles. The van der Waals surface area contributed by atoms with Crippen LogP contribution in [0.5, 0.6) is 5.75 Å². The van der Waals surface area contributed by atoms with Crippen LogP contribution in [-0.4, -0.2) is 28.9 Å². The molecular weight excluding hydrogens is 386 g/mol. The largest absolute Gasteiger partial charge is 0.422 e. The normalized spacial score (nSPS) is 14.3. The zero-order valence-electron chi connectivity index (χ0n) is 13.2. The lowest BCUT2D eigenvalue weighted by molar-refractivity contribution is 0.0734. The van der Waals surface area contributed by atoms with E-state index >= 15 is 0 Å². The number of nitrogens with zero attached hydrogens (tertiary/aromatic N) is 1. The van der Waals surface area contributed by atoms with Crippen LogP contribution in [0.2, 0.25) is 0 Å². The summed E-state index contributed by atoms with van der Waals surface area (Å²) in [5.41, 5.74) is 1.31. The molecule has 0 spiro atoms. The first-order valence-electron chi connectivity index (χ1n) is 8.01. The van der Waals surface area contributed by atoms with Gasteiger partial charge in [-0.25, -0.2) is 4.79 Å². The number of thiocarbonyl (C=S) groups is 1. The van der Waals surface area contributed by atoms with Crippen molar-refractivity contribution in [3.63, 3.8) is 0 Å². The van der Waals surface area contributed by atoms with Crippen LogP contribution in [0.15, 0.2) is 53.0 Å². The number of carbonyl (C=O) groups excluding carboxylic acids is 1. The van der Waals surface area contributed by atoms with E-state index < -0.39 is 0 Å². The standard InChI is InChI=1S/C19H18BrNO2S/c20-15-9-10-17(23-19(22)14-7-3-1-4-8-14)16(13-15)18(24)21-11-5-2-6-12-21/h1,3-4,7-10,13H,2,5-6,11-12H2. The van der Waals surface area contributed by atoms with Crippen LogP contribution < -0.4 is 4.74 Å². The lowest BCUT2D eigenvalue weighted by Gasteiger charge is -2.29. The molecule has 2 aromatic rings. The fourth-order valence-electron chi connectivity index (χ4n) is 2.76. The first-order valence-corrected chi connectivity index (χ1v) is 9.21. The van der Waals surface area contributed by atoms with Gasteiger partial charge in [-0.3, -0.25) is 0 Å². The van der Waals surface area contributed by atoms with Crippen molar-refractivity contribution in [1.82, 2.24) is 4.90 Å². The van der Waals surface area contributed by atoms with E-state index in [-0.39, 0.29) is 5.97 Å². The Morgan fingerprint density at radius 3 is 2.46 bits per heavy atom. The van der Waals surface area contributed by atoms with Gasteiger partial charge in [-0.05, 0) is 49.6 Å². The van der Waals surface area contributed by atoms with Crippen molar-refractivity contribution >= 4 is 39.1 Å². The van der Waals surface area contributed by atoms with Crippen LogP contribution in [-0.2, 0) is 0 Å². The van der Waals surface area contributed by atoms with E-state index in [2.05, 4.69) is 20.8 Å². The molecule has 3 nitrogen and oxygen atoms in total. The van der Waals surface area contributed by atoms with Gasteiger partial charge in [-0.1, -0.05) is 46.3 Å². The van der Waals surface area contributed by atoms with Gasteiger partial charge in [0.1, 0.15) is 10.7 Å². The highest BCUT2D eigenvalue weighted by atomic mass is 79.9. The molecular formula is C19H18BrNO2S. The summed E-state index contributed by atoms with van der Waals surface area (Å²) in [4.78, 5) is 15.3. The first kappa shape index (κ1) is 17.1. The third-order valence-electron chi connectivity index (χ3n) is 4.03. The Balaban J connectivity index is 1.85. The third-order valence-corrected chi connectivity index (χ3v) is 5.00. The number of benzene rings is 2. The topological polar surface area (TPSA) is 29.5 Å². The maximum atomic E-state index is 12.4. The number of rotatable bonds is 3. The summed E-state index contributed by atoms with van der Waals surface area (Å²) >= 11 is 9.15. The molecule has 0 saturated carbocycles. The molecule has 0 amide bonds. The smallest absolute Gasteiger partial charge is 0.343 e. The van der Waals surface area contributed by atoms with Crippen LogP contribution in [0.4, 0.5) is 0 Å². The molecule has 1 aliphatic rings. The summed E-state index contributed by atoms with van der Waals surface area (Å²) in [5.74, 6) is 0.128. The Morgan fingerprint density at radius 2 is 1.75 bits per heavy atom. The number of halogens is 1. The molecule has 0 radical (unpaired) electrons. The van der Waals surface area contributed by atoms with Crippen LogP contribution in [0.1, 0.15) is 35.2 Å². The van der Waals surface area contributed by atoms with Crippen molar-refractivity contribution in [1.29, 1.82) is 0 Å². The summed E-state index contributed by atoms with van der Waals surface area (Å²) in [7, 11) is 0. The monoisotopic (exact) mass is 403 g/mol. The van der Waals surface area contributed by atoms with Gasteiger partial charge in [-0.2, -0.15) is 0 Å². The van der Waals surface area contributed by atoms with Gasteiger partial charge < -0.3 is 9.64 Å². The van der Waals surface area contributed by atoms with E-state index in [4.69, 9.17) is 17.0 Å². The maximum Gasteiger partial charge on any atom is 0.343 e. The van der Waals surface area contributed by atoms with Crippen LogP contribution in [0, 0.1) is 0 Å². The van der Waals surface area contributed by atoms with E-state index in [9.17, 15) is 4.79 Å². The Hall–Kier alpha value is -1.72. The van der Waals surface area contributed by atoms with Crippen molar-refractivity contribution in [2.24, 2.45) is 0 Å². The molecule has 0 unspecified atom stereocenters. The van der Waals surface area contributed by atoms with E-state index in [1.165, 1.54) is 6.42 Å². The second-order valence-corrected chi connectivity index (χ2v) is 7.05. The minimum absolute atomic E-state index is 0.374. The lowest BCUT2D eigenvalue weighted by Crippen LogP contribution is -2.35.